The summed E-state index contributed by atoms with van der Waals surface area (Å²) in [4.78, 5) is 23.7. The topological polar surface area (TPSA) is 55.4 Å². The van der Waals surface area contributed by atoms with Crippen LogP contribution >= 0.6 is 0 Å². The van der Waals surface area contributed by atoms with Crippen LogP contribution in [0.3, 0.4) is 0 Å². The molecule has 0 saturated carbocycles. The predicted octanol–water partition coefficient (Wildman–Crippen LogP) is 3.81. The minimum absolute atomic E-state index is 0.315. The maximum absolute atomic E-state index is 11.9. The Balaban J connectivity index is 1.88. The number of ether oxygens (including phenoxy) is 1. The van der Waals surface area contributed by atoms with Gasteiger partial charge in [-0.15, -0.1) is 0 Å². The average molecular weight is 323 g/mol. The van der Waals surface area contributed by atoms with Gasteiger partial charge < -0.3 is 10.1 Å². The number of carbonyl (C=O) groups is 2. The van der Waals surface area contributed by atoms with Gasteiger partial charge >= 0.3 is 5.97 Å². The molecule has 1 amide bonds. The third kappa shape index (κ3) is 4.81. The van der Waals surface area contributed by atoms with Crippen LogP contribution in [0.1, 0.15) is 22.3 Å². The molecule has 2 aromatic carbocycles. The number of anilines is 1. The normalized spacial score (nSPS) is 10.6. The minimum Gasteiger partial charge on any atom is -0.452 e. The van der Waals surface area contributed by atoms with E-state index < -0.39 is 5.97 Å². The Morgan fingerprint density at radius 3 is 2.25 bits per heavy atom. The third-order valence-corrected chi connectivity index (χ3v) is 3.68. The zero-order valence-corrected chi connectivity index (χ0v) is 14.1. The SMILES string of the molecule is Cc1ccccc1/C=C/C(=O)OCC(=O)Nc1c(C)cccc1C. The number of esters is 1. The molecule has 24 heavy (non-hydrogen) atoms. The Morgan fingerprint density at radius 1 is 0.958 bits per heavy atom. The predicted molar refractivity (Wildman–Crippen MR) is 95.7 cm³/mol. The van der Waals surface area contributed by atoms with Gasteiger partial charge in [0.25, 0.3) is 5.91 Å². The standard InChI is InChI=1S/C20H21NO3/c1-14-7-4-5-10-17(14)11-12-19(23)24-13-18(22)21-20-15(2)8-6-9-16(20)3/h4-12H,13H2,1-3H3,(H,21,22)/b12-11+. The molecule has 0 unspecified atom stereocenters. The molecule has 0 saturated heterocycles. The summed E-state index contributed by atoms with van der Waals surface area (Å²) < 4.78 is 4.98. The second-order valence-corrected chi connectivity index (χ2v) is 5.61. The number of benzene rings is 2. The van der Waals surface area contributed by atoms with Crippen molar-refractivity contribution in [1.82, 2.24) is 0 Å². The molecular weight excluding hydrogens is 302 g/mol. The summed E-state index contributed by atoms with van der Waals surface area (Å²) in [7, 11) is 0. The number of para-hydroxylation sites is 1. The van der Waals surface area contributed by atoms with Crippen molar-refractivity contribution in [2.45, 2.75) is 20.8 Å². The van der Waals surface area contributed by atoms with Crippen molar-refractivity contribution in [3.63, 3.8) is 0 Å². The highest BCUT2D eigenvalue weighted by Crippen LogP contribution is 2.19. The van der Waals surface area contributed by atoms with Crippen molar-refractivity contribution < 1.29 is 14.3 Å². The first kappa shape index (κ1) is 17.5. The number of amides is 1. The summed E-state index contributed by atoms with van der Waals surface area (Å²) >= 11 is 0. The van der Waals surface area contributed by atoms with Crippen molar-refractivity contribution in [2.75, 3.05) is 11.9 Å². The Labute approximate surface area is 142 Å². The first-order valence-corrected chi connectivity index (χ1v) is 7.74. The van der Waals surface area contributed by atoms with Gasteiger partial charge in [0.15, 0.2) is 6.61 Å². The van der Waals surface area contributed by atoms with E-state index in [-0.39, 0.29) is 12.5 Å². The van der Waals surface area contributed by atoms with E-state index in [0.29, 0.717) is 0 Å². The zero-order chi connectivity index (χ0) is 17.5. The van der Waals surface area contributed by atoms with Crippen LogP contribution in [-0.2, 0) is 14.3 Å². The summed E-state index contributed by atoms with van der Waals surface area (Å²) in [5, 5.41) is 2.78. The molecule has 0 aliphatic heterocycles. The highest BCUT2D eigenvalue weighted by Gasteiger charge is 2.09. The molecule has 0 bridgehead atoms. The lowest BCUT2D eigenvalue weighted by Crippen LogP contribution is -2.21. The second-order valence-electron chi connectivity index (χ2n) is 5.61. The lowest BCUT2D eigenvalue weighted by atomic mass is 10.1. The summed E-state index contributed by atoms with van der Waals surface area (Å²) in [5.74, 6) is -0.903. The van der Waals surface area contributed by atoms with E-state index in [1.807, 2.05) is 63.2 Å². The van der Waals surface area contributed by atoms with Crippen LogP contribution in [0.5, 0.6) is 0 Å². The molecule has 4 heteroatoms. The van der Waals surface area contributed by atoms with Gasteiger partial charge in [0.2, 0.25) is 0 Å². The number of carbonyl (C=O) groups excluding carboxylic acids is 2. The Hall–Kier alpha value is -2.88. The number of hydrogen-bond donors (Lipinski definition) is 1. The van der Waals surface area contributed by atoms with Crippen LogP contribution in [0.15, 0.2) is 48.5 Å². The third-order valence-electron chi connectivity index (χ3n) is 3.68. The van der Waals surface area contributed by atoms with Gasteiger partial charge in [0.1, 0.15) is 0 Å². The van der Waals surface area contributed by atoms with Crippen molar-refractivity contribution >= 4 is 23.6 Å². The molecule has 0 spiro atoms. The molecule has 2 aromatic rings. The van der Waals surface area contributed by atoms with Gasteiger partial charge in [0, 0.05) is 11.8 Å². The number of aryl methyl sites for hydroxylation is 3. The van der Waals surface area contributed by atoms with E-state index in [2.05, 4.69) is 5.32 Å². The summed E-state index contributed by atoms with van der Waals surface area (Å²) in [5.41, 5.74) is 4.70. The number of hydrogen-bond acceptors (Lipinski definition) is 3. The molecule has 124 valence electrons. The van der Waals surface area contributed by atoms with E-state index in [1.165, 1.54) is 6.08 Å². The van der Waals surface area contributed by atoms with E-state index >= 15 is 0 Å². The van der Waals surface area contributed by atoms with Crippen LogP contribution < -0.4 is 5.32 Å². The molecule has 0 aliphatic rings. The fourth-order valence-electron chi connectivity index (χ4n) is 2.30. The first-order chi connectivity index (χ1) is 11.5. The average Bonchev–Trinajstić information content (AvgIpc) is 2.56. The minimum atomic E-state index is -0.546. The van der Waals surface area contributed by atoms with Crippen LogP contribution in [0.2, 0.25) is 0 Å². The van der Waals surface area contributed by atoms with Gasteiger partial charge in [0.05, 0.1) is 0 Å². The van der Waals surface area contributed by atoms with Gasteiger partial charge in [-0.1, -0.05) is 42.5 Å². The first-order valence-electron chi connectivity index (χ1n) is 7.74. The molecule has 1 N–H and O–H groups in total. The Kier molecular flexibility index (Phi) is 5.90. The Bertz CT molecular complexity index is 758. The zero-order valence-electron chi connectivity index (χ0n) is 14.1. The lowest BCUT2D eigenvalue weighted by Gasteiger charge is -2.11. The molecule has 0 radical (unpaired) electrons. The largest absolute Gasteiger partial charge is 0.452 e. The van der Waals surface area contributed by atoms with E-state index in [0.717, 1.165) is 27.9 Å². The molecule has 0 aliphatic carbocycles. The molecule has 0 atom stereocenters. The molecule has 2 rings (SSSR count). The van der Waals surface area contributed by atoms with Crippen LogP contribution in [0.4, 0.5) is 5.69 Å². The molecule has 0 fully saturated rings. The van der Waals surface area contributed by atoms with E-state index in [9.17, 15) is 9.59 Å². The van der Waals surface area contributed by atoms with E-state index in [1.54, 1.807) is 6.08 Å². The van der Waals surface area contributed by atoms with Crippen LogP contribution in [-0.4, -0.2) is 18.5 Å². The van der Waals surface area contributed by atoms with Gasteiger partial charge in [-0.05, 0) is 49.1 Å². The highest BCUT2D eigenvalue weighted by molar-refractivity contribution is 5.95. The van der Waals surface area contributed by atoms with Crippen LogP contribution in [0.25, 0.3) is 6.08 Å². The fourth-order valence-corrected chi connectivity index (χ4v) is 2.30. The smallest absolute Gasteiger partial charge is 0.331 e. The molecule has 4 nitrogen and oxygen atoms in total. The molecule has 0 heterocycles. The number of nitrogens with one attached hydrogen (secondary N) is 1. The Morgan fingerprint density at radius 2 is 1.58 bits per heavy atom. The molecule has 0 aromatic heterocycles. The summed E-state index contributed by atoms with van der Waals surface area (Å²) in [6.45, 7) is 5.48. The van der Waals surface area contributed by atoms with Crippen molar-refractivity contribution in [2.24, 2.45) is 0 Å². The van der Waals surface area contributed by atoms with Crippen LogP contribution in [0, 0.1) is 20.8 Å². The quantitative estimate of drug-likeness (QED) is 0.672. The van der Waals surface area contributed by atoms with Gasteiger partial charge in [-0.3, -0.25) is 4.79 Å². The van der Waals surface area contributed by atoms with Gasteiger partial charge in [-0.2, -0.15) is 0 Å². The van der Waals surface area contributed by atoms with Crippen molar-refractivity contribution in [3.05, 3.63) is 70.8 Å². The fraction of sp³-hybridized carbons (Fsp3) is 0.200. The van der Waals surface area contributed by atoms with E-state index in [4.69, 9.17) is 4.74 Å². The molecular formula is C20H21NO3. The van der Waals surface area contributed by atoms with Crippen molar-refractivity contribution in [1.29, 1.82) is 0 Å². The maximum Gasteiger partial charge on any atom is 0.331 e. The maximum atomic E-state index is 11.9. The summed E-state index contributed by atoms with van der Waals surface area (Å²) in [6, 6.07) is 13.5. The van der Waals surface area contributed by atoms with Crippen molar-refractivity contribution in [3.8, 4) is 0 Å². The lowest BCUT2D eigenvalue weighted by molar-refractivity contribution is -0.142. The van der Waals surface area contributed by atoms with Gasteiger partial charge in [-0.25, -0.2) is 4.79 Å². The second kappa shape index (κ2) is 8.11. The monoisotopic (exact) mass is 323 g/mol. The highest BCUT2D eigenvalue weighted by atomic mass is 16.5. The summed E-state index contributed by atoms with van der Waals surface area (Å²) in [6.07, 6.45) is 3.01. The number of rotatable bonds is 5.